The molecule has 1 aromatic carbocycles. The minimum atomic E-state index is -0.369. The van der Waals surface area contributed by atoms with E-state index in [2.05, 4.69) is 27.2 Å². The van der Waals surface area contributed by atoms with Crippen LogP contribution in [0.15, 0.2) is 42.7 Å². The van der Waals surface area contributed by atoms with Crippen LogP contribution in [0.25, 0.3) is 0 Å². The molecular weight excluding hydrogens is 505 g/mol. The molecule has 1 saturated heterocycles. The maximum atomic E-state index is 13.3. The number of aromatic nitrogens is 3. The first-order valence-corrected chi connectivity index (χ1v) is 13.3. The Morgan fingerprint density at radius 3 is 2.58 bits per heavy atom. The first-order chi connectivity index (χ1) is 18.3. The van der Waals surface area contributed by atoms with Gasteiger partial charge in [-0.2, -0.15) is 5.10 Å². The Morgan fingerprint density at radius 2 is 1.87 bits per heavy atom. The van der Waals surface area contributed by atoms with Gasteiger partial charge in [0, 0.05) is 36.3 Å². The minimum absolute atomic E-state index is 0.0670. The van der Waals surface area contributed by atoms with Gasteiger partial charge in [0.25, 0.3) is 5.91 Å². The lowest BCUT2D eigenvalue weighted by atomic mass is 9.65. The molecule has 0 radical (unpaired) electrons. The number of carbonyl (C=O) groups is 2. The molecule has 0 atom stereocenters. The normalized spacial score (nSPS) is 22.1. The van der Waals surface area contributed by atoms with Crippen molar-refractivity contribution >= 4 is 29.2 Å². The van der Waals surface area contributed by atoms with Crippen molar-refractivity contribution in [2.75, 3.05) is 18.4 Å². The average Bonchev–Trinajstić information content (AvgIpc) is 3.52. The molecule has 3 fully saturated rings. The van der Waals surface area contributed by atoms with Crippen molar-refractivity contribution in [3.05, 3.63) is 75.9 Å². The summed E-state index contributed by atoms with van der Waals surface area (Å²) in [5.74, 6) is 6.29. The lowest BCUT2D eigenvalue weighted by Crippen LogP contribution is -2.43. The van der Waals surface area contributed by atoms with E-state index >= 15 is 0 Å². The largest absolute Gasteiger partial charge is 0.342 e. The zero-order valence-corrected chi connectivity index (χ0v) is 21.8. The summed E-state index contributed by atoms with van der Waals surface area (Å²) in [5, 5.41) is 7.58. The van der Waals surface area contributed by atoms with E-state index in [9.17, 15) is 14.0 Å². The highest BCUT2D eigenvalue weighted by atomic mass is 35.5. The molecule has 3 heterocycles. The van der Waals surface area contributed by atoms with Crippen molar-refractivity contribution in [2.45, 2.75) is 45.1 Å². The quantitative estimate of drug-likeness (QED) is 0.481. The van der Waals surface area contributed by atoms with E-state index in [0.717, 1.165) is 50.8 Å². The fourth-order valence-corrected chi connectivity index (χ4v) is 5.82. The third-order valence-corrected chi connectivity index (χ3v) is 8.11. The number of nitrogens with one attached hydrogen (secondary N) is 1. The summed E-state index contributed by atoms with van der Waals surface area (Å²) in [4.78, 5) is 32.2. The lowest BCUT2D eigenvalue weighted by Gasteiger charge is -2.45. The van der Waals surface area contributed by atoms with Crippen LogP contribution in [-0.2, 0) is 4.79 Å². The van der Waals surface area contributed by atoms with Crippen molar-refractivity contribution in [1.29, 1.82) is 0 Å². The van der Waals surface area contributed by atoms with E-state index in [4.69, 9.17) is 11.6 Å². The Morgan fingerprint density at radius 1 is 1.13 bits per heavy atom. The van der Waals surface area contributed by atoms with E-state index in [0.29, 0.717) is 33.6 Å². The van der Waals surface area contributed by atoms with Crippen LogP contribution in [0.3, 0.4) is 0 Å². The van der Waals surface area contributed by atoms with Crippen molar-refractivity contribution in [2.24, 2.45) is 11.3 Å². The van der Waals surface area contributed by atoms with Gasteiger partial charge in [0.1, 0.15) is 17.3 Å². The van der Waals surface area contributed by atoms with Gasteiger partial charge >= 0.3 is 0 Å². The standard InChI is InChI=1S/C29H27ClFN5O2/c1-18-12-20(3-2-19-4-8-22(31)9-5-19)15-32-26(18)34-27(37)25-24(30)16-33-36(25)23-13-29(14-23)10-11-35(17-29)28(38)21-6-7-21/h4-5,8-9,12,15-16,21,23H,6-7,10-11,13-14,17H2,1H3,(H,32,34,37)/t23-,29+. The third-order valence-electron chi connectivity index (χ3n) is 7.83. The van der Waals surface area contributed by atoms with Crippen LogP contribution in [0.4, 0.5) is 10.2 Å². The molecule has 2 saturated carbocycles. The average molecular weight is 532 g/mol. The topological polar surface area (TPSA) is 80.1 Å². The molecule has 7 nitrogen and oxygen atoms in total. The Hall–Kier alpha value is -3.70. The molecule has 9 heteroatoms. The molecule has 1 spiro atoms. The van der Waals surface area contributed by atoms with Gasteiger partial charge in [-0.1, -0.05) is 23.4 Å². The van der Waals surface area contributed by atoms with Gasteiger partial charge in [-0.05, 0) is 80.3 Å². The van der Waals surface area contributed by atoms with Crippen LogP contribution >= 0.6 is 11.6 Å². The molecule has 194 valence electrons. The van der Waals surface area contributed by atoms with Gasteiger partial charge in [-0.25, -0.2) is 9.37 Å². The smallest absolute Gasteiger partial charge is 0.276 e. The minimum Gasteiger partial charge on any atom is -0.342 e. The summed E-state index contributed by atoms with van der Waals surface area (Å²) in [6.07, 6.45) is 7.89. The van der Waals surface area contributed by atoms with Gasteiger partial charge in [0.2, 0.25) is 5.91 Å². The Balaban J connectivity index is 1.12. The second-order valence-corrected chi connectivity index (χ2v) is 11.1. The molecule has 0 unspecified atom stereocenters. The molecule has 2 aliphatic carbocycles. The van der Waals surface area contributed by atoms with Crippen molar-refractivity contribution in [3.8, 4) is 11.8 Å². The van der Waals surface area contributed by atoms with Gasteiger partial charge in [-0.3, -0.25) is 14.3 Å². The number of hydrogen-bond donors (Lipinski definition) is 1. The zero-order chi connectivity index (χ0) is 26.4. The summed E-state index contributed by atoms with van der Waals surface area (Å²) in [6, 6.07) is 7.86. The van der Waals surface area contributed by atoms with E-state index in [1.54, 1.807) is 23.0 Å². The fraction of sp³-hybridized carbons (Fsp3) is 0.379. The Bertz CT molecular complexity index is 1480. The highest BCUT2D eigenvalue weighted by Crippen LogP contribution is 2.54. The van der Waals surface area contributed by atoms with Gasteiger partial charge < -0.3 is 10.2 Å². The monoisotopic (exact) mass is 531 g/mol. The predicted octanol–water partition coefficient (Wildman–Crippen LogP) is 4.99. The van der Waals surface area contributed by atoms with E-state index in [1.807, 2.05) is 17.9 Å². The van der Waals surface area contributed by atoms with Crippen molar-refractivity contribution < 1.29 is 14.0 Å². The molecule has 0 bridgehead atoms. The first-order valence-electron chi connectivity index (χ1n) is 12.9. The number of anilines is 1. The molecule has 2 amide bonds. The fourth-order valence-electron chi connectivity index (χ4n) is 5.61. The van der Waals surface area contributed by atoms with Gasteiger partial charge in [-0.15, -0.1) is 0 Å². The summed E-state index contributed by atoms with van der Waals surface area (Å²) in [5.41, 5.74) is 2.56. The number of nitrogens with zero attached hydrogens (tertiary/aromatic N) is 4. The number of hydrogen-bond acceptors (Lipinski definition) is 4. The van der Waals surface area contributed by atoms with E-state index in [-0.39, 0.29) is 29.1 Å². The molecule has 3 aliphatic rings. The van der Waals surface area contributed by atoms with Crippen LogP contribution in [0, 0.1) is 35.9 Å². The lowest BCUT2D eigenvalue weighted by molar-refractivity contribution is -0.132. The third kappa shape index (κ3) is 4.79. The summed E-state index contributed by atoms with van der Waals surface area (Å²) >= 11 is 6.40. The van der Waals surface area contributed by atoms with E-state index in [1.165, 1.54) is 18.3 Å². The van der Waals surface area contributed by atoms with Gasteiger partial charge in [0.05, 0.1) is 17.3 Å². The number of carbonyl (C=O) groups excluding carboxylic acids is 2. The second-order valence-electron chi connectivity index (χ2n) is 10.7. The number of pyridine rings is 1. The first kappa shape index (κ1) is 24.6. The number of halogens is 2. The zero-order valence-electron chi connectivity index (χ0n) is 21.0. The summed E-state index contributed by atoms with van der Waals surface area (Å²) in [6.45, 7) is 3.47. The van der Waals surface area contributed by atoms with Crippen LogP contribution < -0.4 is 5.32 Å². The number of benzene rings is 1. The maximum Gasteiger partial charge on any atom is 0.276 e. The highest BCUT2D eigenvalue weighted by Gasteiger charge is 2.52. The van der Waals surface area contributed by atoms with Crippen LogP contribution in [-0.4, -0.2) is 44.6 Å². The number of likely N-dealkylation sites (tertiary alicyclic amines) is 1. The van der Waals surface area contributed by atoms with Gasteiger partial charge in [0.15, 0.2) is 0 Å². The Kier molecular flexibility index (Phi) is 6.19. The number of amides is 2. The van der Waals surface area contributed by atoms with E-state index < -0.39 is 0 Å². The molecule has 1 N–H and O–H groups in total. The van der Waals surface area contributed by atoms with Crippen LogP contribution in [0.1, 0.15) is 65.3 Å². The molecule has 3 aromatic rings. The van der Waals surface area contributed by atoms with Crippen molar-refractivity contribution in [3.63, 3.8) is 0 Å². The molecular formula is C29H27ClFN5O2. The summed E-state index contributed by atoms with van der Waals surface area (Å²) in [7, 11) is 0. The predicted molar refractivity (Wildman–Crippen MR) is 141 cm³/mol. The number of aryl methyl sites for hydroxylation is 1. The molecule has 2 aromatic heterocycles. The SMILES string of the molecule is Cc1cc(C#Cc2ccc(F)cc2)cnc1NC(=O)c1c(Cl)cnn1[C@H]1C[C@]2(CCN(C(=O)C3CC3)C2)C1. The Labute approximate surface area is 225 Å². The summed E-state index contributed by atoms with van der Waals surface area (Å²) < 4.78 is 14.8. The highest BCUT2D eigenvalue weighted by molar-refractivity contribution is 6.34. The molecule has 6 rings (SSSR count). The van der Waals surface area contributed by atoms with Crippen LogP contribution in [0.5, 0.6) is 0 Å². The maximum absolute atomic E-state index is 13.3. The second kappa shape index (κ2) is 9.55. The van der Waals surface area contributed by atoms with Crippen molar-refractivity contribution in [1.82, 2.24) is 19.7 Å². The number of rotatable bonds is 4. The molecule has 38 heavy (non-hydrogen) atoms. The van der Waals surface area contributed by atoms with Crippen LogP contribution in [0.2, 0.25) is 5.02 Å². The molecule has 1 aliphatic heterocycles.